The third-order valence-electron chi connectivity index (χ3n) is 4.69. The largest absolute Gasteiger partial charge is 0.497 e. The second-order valence-corrected chi connectivity index (χ2v) is 6.62. The van der Waals surface area contributed by atoms with Gasteiger partial charge >= 0.3 is 0 Å². The molecular weight excluding hydrogens is 358 g/mol. The van der Waals surface area contributed by atoms with E-state index in [1.807, 2.05) is 30.3 Å². The standard InChI is InChI=1S/C21H27N3O4/c1-26-18-11-16(12-19(14-18)27-2)3-4-21(25)23-15-17-5-6-22-20(13-17)24-7-9-28-10-8-24/h5-6,11-14H,3-4,7-10,15H2,1-2H3,(H,23,25). The van der Waals surface area contributed by atoms with Gasteiger partial charge in [-0.05, 0) is 41.8 Å². The van der Waals surface area contributed by atoms with E-state index in [-0.39, 0.29) is 5.91 Å². The van der Waals surface area contributed by atoms with E-state index >= 15 is 0 Å². The minimum absolute atomic E-state index is 0.00604. The van der Waals surface area contributed by atoms with Crippen molar-refractivity contribution in [1.82, 2.24) is 10.3 Å². The quantitative estimate of drug-likeness (QED) is 0.751. The number of anilines is 1. The smallest absolute Gasteiger partial charge is 0.220 e. The van der Waals surface area contributed by atoms with Crippen molar-refractivity contribution in [3.63, 3.8) is 0 Å². The first-order valence-corrected chi connectivity index (χ1v) is 9.44. The van der Waals surface area contributed by atoms with E-state index in [1.54, 1.807) is 20.4 Å². The molecule has 1 aliphatic heterocycles. The molecule has 0 unspecified atom stereocenters. The van der Waals surface area contributed by atoms with Crippen molar-refractivity contribution in [2.45, 2.75) is 19.4 Å². The van der Waals surface area contributed by atoms with Crippen LogP contribution in [0.1, 0.15) is 17.5 Å². The number of methoxy groups -OCH3 is 2. The molecule has 1 aromatic heterocycles. The fourth-order valence-electron chi connectivity index (χ4n) is 3.09. The van der Waals surface area contributed by atoms with E-state index in [2.05, 4.69) is 15.2 Å². The van der Waals surface area contributed by atoms with Gasteiger partial charge in [0.2, 0.25) is 5.91 Å². The number of nitrogens with one attached hydrogen (secondary N) is 1. The Morgan fingerprint density at radius 3 is 2.50 bits per heavy atom. The van der Waals surface area contributed by atoms with Crippen molar-refractivity contribution >= 4 is 11.7 Å². The molecule has 0 saturated carbocycles. The lowest BCUT2D eigenvalue weighted by atomic mass is 10.1. The molecule has 0 aliphatic carbocycles. The monoisotopic (exact) mass is 385 g/mol. The zero-order valence-electron chi connectivity index (χ0n) is 16.4. The summed E-state index contributed by atoms with van der Waals surface area (Å²) in [5.41, 5.74) is 2.04. The summed E-state index contributed by atoms with van der Waals surface area (Å²) in [6, 6.07) is 9.62. The fourth-order valence-corrected chi connectivity index (χ4v) is 3.09. The molecule has 1 saturated heterocycles. The van der Waals surface area contributed by atoms with Gasteiger partial charge in [-0.2, -0.15) is 0 Å². The molecule has 2 aromatic rings. The number of hydrogen-bond donors (Lipinski definition) is 1. The van der Waals surface area contributed by atoms with E-state index < -0.39 is 0 Å². The number of aromatic nitrogens is 1. The molecular formula is C21H27N3O4. The predicted molar refractivity (Wildman–Crippen MR) is 107 cm³/mol. The maximum absolute atomic E-state index is 12.3. The summed E-state index contributed by atoms with van der Waals surface area (Å²) >= 11 is 0. The van der Waals surface area contributed by atoms with Gasteiger partial charge in [0.25, 0.3) is 0 Å². The number of rotatable bonds is 8. The molecule has 0 atom stereocenters. The Bertz CT molecular complexity index is 769. The van der Waals surface area contributed by atoms with Crippen LogP contribution in [0.4, 0.5) is 5.82 Å². The molecule has 3 rings (SSSR count). The molecule has 1 amide bonds. The molecule has 7 heteroatoms. The van der Waals surface area contributed by atoms with Crippen molar-refractivity contribution in [2.75, 3.05) is 45.4 Å². The third-order valence-corrected chi connectivity index (χ3v) is 4.69. The van der Waals surface area contributed by atoms with Gasteiger partial charge in [0.05, 0.1) is 27.4 Å². The summed E-state index contributed by atoms with van der Waals surface area (Å²) in [5, 5.41) is 2.98. The molecule has 0 bridgehead atoms. The topological polar surface area (TPSA) is 72.9 Å². The summed E-state index contributed by atoms with van der Waals surface area (Å²) < 4.78 is 15.9. The van der Waals surface area contributed by atoms with Crippen LogP contribution in [0, 0.1) is 0 Å². The molecule has 7 nitrogen and oxygen atoms in total. The van der Waals surface area contributed by atoms with Crippen LogP contribution in [-0.2, 0) is 22.5 Å². The Morgan fingerprint density at radius 2 is 1.82 bits per heavy atom. The second kappa shape index (κ2) is 9.94. The number of pyridine rings is 1. The van der Waals surface area contributed by atoms with Gasteiger partial charge < -0.3 is 24.4 Å². The molecule has 1 fully saturated rings. The SMILES string of the molecule is COc1cc(CCC(=O)NCc2ccnc(N3CCOCC3)c2)cc(OC)c1. The van der Waals surface area contributed by atoms with Gasteiger partial charge in [-0.3, -0.25) is 4.79 Å². The van der Waals surface area contributed by atoms with Crippen molar-refractivity contribution in [2.24, 2.45) is 0 Å². The van der Waals surface area contributed by atoms with E-state index in [0.717, 1.165) is 54.7 Å². The normalized spacial score (nSPS) is 13.9. The Hall–Kier alpha value is -2.80. The Balaban J connectivity index is 1.50. The molecule has 0 spiro atoms. The molecule has 1 aliphatic rings. The van der Waals surface area contributed by atoms with Crippen LogP contribution in [0.15, 0.2) is 36.5 Å². The molecule has 150 valence electrons. The highest BCUT2D eigenvalue weighted by molar-refractivity contribution is 5.76. The summed E-state index contributed by atoms with van der Waals surface area (Å²) in [6.07, 6.45) is 2.81. The maximum Gasteiger partial charge on any atom is 0.220 e. The summed E-state index contributed by atoms with van der Waals surface area (Å²) in [6.45, 7) is 3.61. The minimum atomic E-state index is 0.00604. The first-order chi connectivity index (χ1) is 13.7. The number of carbonyl (C=O) groups excluding carboxylic acids is 1. The predicted octanol–water partition coefficient (Wildman–Crippen LogP) is 2.18. The van der Waals surface area contributed by atoms with Crippen molar-refractivity contribution in [1.29, 1.82) is 0 Å². The summed E-state index contributed by atoms with van der Waals surface area (Å²) in [4.78, 5) is 18.9. The first kappa shape index (κ1) is 19.9. The van der Waals surface area contributed by atoms with Gasteiger partial charge in [-0.1, -0.05) is 0 Å². The fraction of sp³-hybridized carbons (Fsp3) is 0.429. The Labute approximate surface area is 165 Å². The Kier molecular flexibility index (Phi) is 7.08. The second-order valence-electron chi connectivity index (χ2n) is 6.62. The molecule has 28 heavy (non-hydrogen) atoms. The van der Waals surface area contributed by atoms with Gasteiger partial charge in [0.15, 0.2) is 0 Å². The summed E-state index contributed by atoms with van der Waals surface area (Å²) in [5.74, 6) is 2.38. The lowest BCUT2D eigenvalue weighted by Crippen LogP contribution is -2.36. The van der Waals surface area contributed by atoms with E-state index in [1.165, 1.54) is 0 Å². The van der Waals surface area contributed by atoms with E-state index in [4.69, 9.17) is 14.2 Å². The number of amides is 1. The number of morpholine rings is 1. The van der Waals surface area contributed by atoms with E-state index in [0.29, 0.717) is 19.4 Å². The van der Waals surface area contributed by atoms with Crippen LogP contribution < -0.4 is 19.7 Å². The first-order valence-electron chi connectivity index (χ1n) is 9.44. The molecule has 1 N–H and O–H groups in total. The average Bonchev–Trinajstić information content (AvgIpc) is 2.76. The lowest BCUT2D eigenvalue weighted by molar-refractivity contribution is -0.121. The van der Waals surface area contributed by atoms with Crippen LogP contribution in [0.2, 0.25) is 0 Å². The maximum atomic E-state index is 12.3. The number of ether oxygens (including phenoxy) is 3. The number of benzene rings is 1. The van der Waals surface area contributed by atoms with Gasteiger partial charge in [-0.15, -0.1) is 0 Å². The van der Waals surface area contributed by atoms with Crippen molar-refractivity contribution in [3.05, 3.63) is 47.7 Å². The van der Waals surface area contributed by atoms with Gasteiger partial charge in [0, 0.05) is 38.3 Å². The summed E-state index contributed by atoms with van der Waals surface area (Å²) in [7, 11) is 3.23. The number of hydrogen-bond acceptors (Lipinski definition) is 6. The zero-order valence-corrected chi connectivity index (χ0v) is 16.4. The van der Waals surface area contributed by atoms with Gasteiger partial charge in [0.1, 0.15) is 17.3 Å². The third kappa shape index (κ3) is 5.60. The number of nitrogens with zero attached hydrogens (tertiary/aromatic N) is 2. The van der Waals surface area contributed by atoms with Gasteiger partial charge in [-0.25, -0.2) is 4.98 Å². The van der Waals surface area contributed by atoms with Crippen LogP contribution in [-0.4, -0.2) is 51.4 Å². The van der Waals surface area contributed by atoms with Crippen molar-refractivity contribution in [3.8, 4) is 11.5 Å². The van der Waals surface area contributed by atoms with Crippen molar-refractivity contribution < 1.29 is 19.0 Å². The van der Waals surface area contributed by atoms with Crippen LogP contribution >= 0.6 is 0 Å². The highest BCUT2D eigenvalue weighted by Crippen LogP contribution is 2.23. The number of aryl methyl sites for hydroxylation is 1. The Morgan fingerprint density at radius 1 is 1.11 bits per heavy atom. The minimum Gasteiger partial charge on any atom is -0.497 e. The van der Waals surface area contributed by atoms with Crippen LogP contribution in [0.3, 0.4) is 0 Å². The van der Waals surface area contributed by atoms with Crippen LogP contribution in [0.5, 0.6) is 11.5 Å². The van der Waals surface area contributed by atoms with E-state index in [9.17, 15) is 4.79 Å². The molecule has 0 radical (unpaired) electrons. The average molecular weight is 385 g/mol. The highest BCUT2D eigenvalue weighted by atomic mass is 16.5. The molecule has 2 heterocycles. The molecule has 1 aromatic carbocycles. The number of carbonyl (C=O) groups is 1. The zero-order chi connectivity index (χ0) is 19.8. The highest BCUT2D eigenvalue weighted by Gasteiger charge is 2.13. The lowest BCUT2D eigenvalue weighted by Gasteiger charge is -2.28. The van der Waals surface area contributed by atoms with Crippen LogP contribution in [0.25, 0.3) is 0 Å².